The van der Waals surface area contributed by atoms with Gasteiger partial charge in [-0.25, -0.2) is 4.98 Å². The minimum atomic E-state index is -4.37. The molecule has 0 fully saturated rings. The van der Waals surface area contributed by atoms with Gasteiger partial charge in [0.2, 0.25) is 0 Å². The van der Waals surface area contributed by atoms with Gasteiger partial charge in [-0.05, 0) is 18.2 Å². The molecule has 0 aliphatic rings. The predicted molar refractivity (Wildman–Crippen MR) is 55.5 cm³/mol. The van der Waals surface area contributed by atoms with Crippen molar-refractivity contribution >= 4 is 34.2 Å². The maximum Gasteiger partial charge on any atom is 0.416 e. The van der Waals surface area contributed by atoms with Gasteiger partial charge in [-0.2, -0.15) is 13.2 Å². The Hall–Kier alpha value is -0.940. The van der Waals surface area contributed by atoms with Crippen molar-refractivity contribution in [2.24, 2.45) is 0 Å². The van der Waals surface area contributed by atoms with Crippen LogP contribution in [0.4, 0.5) is 13.2 Å². The van der Waals surface area contributed by atoms with Crippen LogP contribution in [0.3, 0.4) is 0 Å². The largest absolute Gasteiger partial charge is 0.416 e. The van der Waals surface area contributed by atoms with E-state index in [4.69, 9.17) is 23.2 Å². The SMILES string of the molecule is FC(F)(F)c1ccc2nc(C(Cl)Cl)[nH]c2c1. The standard InChI is InChI=1S/C9H5Cl2F3N2/c10-7(11)8-15-5-2-1-4(9(12,13)14)3-6(5)16-8/h1-3,7H,(H,15,16). The van der Waals surface area contributed by atoms with Crippen molar-refractivity contribution in [2.45, 2.75) is 11.0 Å². The fourth-order valence-electron chi connectivity index (χ4n) is 1.31. The summed E-state index contributed by atoms with van der Waals surface area (Å²) in [7, 11) is 0. The average molecular weight is 269 g/mol. The Morgan fingerprint density at radius 1 is 1.25 bits per heavy atom. The molecule has 1 N–H and O–H groups in total. The summed E-state index contributed by atoms with van der Waals surface area (Å²) < 4.78 is 37.2. The number of fused-ring (bicyclic) bond motifs is 1. The van der Waals surface area contributed by atoms with Crippen molar-refractivity contribution in [2.75, 3.05) is 0 Å². The maximum absolute atomic E-state index is 12.4. The fraction of sp³-hybridized carbons (Fsp3) is 0.222. The smallest absolute Gasteiger partial charge is 0.340 e. The van der Waals surface area contributed by atoms with Gasteiger partial charge in [0.25, 0.3) is 0 Å². The van der Waals surface area contributed by atoms with Crippen molar-refractivity contribution in [1.29, 1.82) is 0 Å². The van der Waals surface area contributed by atoms with E-state index in [-0.39, 0.29) is 11.3 Å². The topological polar surface area (TPSA) is 28.7 Å². The summed E-state index contributed by atoms with van der Waals surface area (Å²) in [6.45, 7) is 0. The summed E-state index contributed by atoms with van der Waals surface area (Å²) in [5.74, 6) is 0.234. The number of imidazole rings is 1. The van der Waals surface area contributed by atoms with Crippen molar-refractivity contribution in [1.82, 2.24) is 9.97 Å². The van der Waals surface area contributed by atoms with Gasteiger partial charge in [-0.1, -0.05) is 23.2 Å². The van der Waals surface area contributed by atoms with E-state index >= 15 is 0 Å². The molecule has 1 aromatic carbocycles. The second kappa shape index (κ2) is 3.82. The first kappa shape index (κ1) is 11.5. The lowest BCUT2D eigenvalue weighted by atomic mass is 10.2. The number of aromatic nitrogens is 2. The van der Waals surface area contributed by atoms with Gasteiger partial charge in [0.1, 0.15) is 5.82 Å². The number of H-pyrrole nitrogens is 1. The molecule has 16 heavy (non-hydrogen) atoms. The van der Waals surface area contributed by atoms with Gasteiger partial charge in [0, 0.05) is 0 Å². The van der Waals surface area contributed by atoms with E-state index in [2.05, 4.69) is 9.97 Å². The van der Waals surface area contributed by atoms with Crippen molar-refractivity contribution in [3.8, 4) is 0 Å². The monoisotopic (exact) mass is 268 g/mol. The molecule has 0 atom stereocenters. The zero-order valence-corrected chi connectivity index (χ0v) is 9.16. The van der Waals surface area contributed by atoms with Gasteiger partial charge < -0.3 is 4.98 Å². The van der Waals surface area contributed by atoms with E-state index in [0.717, 1.165) is 12.1 Å². The molecule has 2 rings (SSSR count). The molecule has 7 heteroatoms. The maximum atomic E-state index is 12.4. The van der Waals surface area contributed by atoms with Gasteiger partial charge in [-0.3, -0.25) is 0 Å². The van der Waals surface area contributed by atoms with Crippen molar-refractivity contribution < 1.29 is 13.2 Å². The molecule has 0 unspecified atom stereocenters. The molecule has 2 aromatic rings. The zero-order chi connectivity index (χ0) is 11.9. The van der Waals surface area contributed by atoms with E-state index in [1.165, 1.54) is 6.07 Å². The Labute approximate surface area is 98.4 Å². The lowest BCUT2D eigenvalue weighted by molar-refractivity contribution is -0.137. The molecule has 0 bridgehead atoms. The van der Waals surface area contributed by atoms with Crippen LogP contribution in [0.15, 0.2) is 18.2 Å². The Balaban J connectivity index is 2.54. The van der Waals surface area contributed by atoms with E-state index < -0.39 is 16.6 Å². The summed E-state index contributed by atoms with van der Waals surface area (Å²) in [5, 5.41) is 0. The molecular formula is C9H5Cl2F3N2. The lowest BCUT2D eigenvalue weighted by Crippen LogP contribution is -2.04. The lowest BCUT2D eigenvalue weighted by Gasteiger charge is -2.05. The molecule has 86 valence electrons. The van der Waals surface area contributed by atoms with Crippen LogP contribution in [0.25, 0.3) is 11.0 Å². The zero-order valence-electron chi connectivity index (χ0n) is 7.65. The first-order valence-corrected chi connectivity index (χ1v) is 5.10. The molecule has 0 aliphatic carbocycles. The van der Waals surface area contributed by atoms with Crippen molar-refractivity contribution in [3.05, 3.63) is 29.6 Å². The van der Waals surface area contributed by atoms with Gasteiger partial charge in [0.15, 0.2) is 4.84 Å². The van der Waals surface area contributed by atoms with Gasteiger partial charge >= 0.3 is 6.18 Å². The number of nitrogens with zero attached hydrogens (tertiary/aromatic N) is 1. The fourth-order valence-corrected chi connectivity index (χ4v) is 1.52. The molecule has 0 saturated heterocycles. The Morgan fingerprint density at radius 2 is 1.94 bits per heavy atom. The molecule has 0 aliphatic heterocycles. The van der Waals surface area contributed by atoms with Crippen LogP contribution in [-0.2, 0) is 6.18 Å². The first-order chi connectivity index (χ1) is 7.38. The predicted octanol–water partition coefficient (Wildman–Crippen LogP) is 4.06. The Bertz CT molecular complexity index is 519. The van der Waals surface area contributed by atoms with Crippen LogP contribution in [0.5, 0.6) is 0 Å². The number of nitrogens with one attached hydrogen (secondary N) is 1. The number of halogens is 5. The second-order valence-electron chi connectivity index (χ2n) is 3.15. The Kier molecular flexibility index (Phi) is 2.75. The summed E-state index contributed by atoms with van der Waals surface area (Å²) in [5.41, 5.74) is -0.0821. The van der Waals surface area contributed by atoms with E-state index in [1.807, 2.05) is 0 Å². The molecular weight excluding hydrogens is 264 g/mol. The summed E-state index contributed by atoms with van der Waals surface area (Å²) in [6.07, 6.45) is -4.37. The number of hydrogen-bond donors (Lipinski definition) is 1. The average Bonchev–Trinajstić information content (AvgIpc) is 2.58. The van der Waals surface area contributed by atoms with Crippen LogP contribution < -0.4 is 0 Å². The van der Waals surface area contributed by atoms with Crippen LogP contribution in [0.2, 0.25) is 0 Å². The summed E-state index contributed by atoms with van der Waals surface area (Å²) >= 11 is 11.1. The molecule has 0 saturated carbocycles. The molecule has 0 amide bonds. The van der Waals surface area contributed by atoms with E-state index in [1.54, 1.807) is 0 Å². The number of hydrogen-bond acceptors (Lipinski definition) is 1. The molecule has 1 heterocycles. The molecule has 2 nitrogen and oxygen atoms in total. The highest BCUT2D eigenvalue weighted by atomic mass is 35.5. The Morgan fingerprint density at radius 3 is 2.50 bits per heavy atom. The highest BCUT2D eigenvalue weighted by molar-refractivity contribution is 6.43. The molecule has 1 aromatic heterocycles. The van der Waals surface area contributed by atoms with Crippen LogP contribution in [-0.4, -0.2) is 9.97 Å². The third-order valence-electron chi connectivity index (χ3n) is 2.03. The third kappa shape index (κ3) is 2.10. The number of benzene rings is 1. The van der Waals surface area contributed by atoms with Crippen LogP contribution in [0, 0.1) is 0 Å². The van der Waals surface area contributed by atoms with E-state index in [9.17, 15) is 13.2 Å². The van der Waals surface area contributed by atoms with E-state index in [0.29, 0.717) is 5.52 Å². The number of rotatable bonds is 1. The molecule has 0 radical (unpaired) electrons. The highest BCUT2D eigenvalue weighted by Crippen LogP contribution is 2.32. The van der Waals surface area contributed by atoms with Crippen molar-refractivity contribution in [3.63, 3.8) is 0 Å². The minimum absolute atomic E-state index is 0.234. The number of alkyl halides is 5. The van der Waals surface area contributed by atoms with Crippen LogP contribution >= 0.6 is 23.2 Å². The molecule has 0 spiro atoms. The summed E-state index contributed by atoms with van der Waals surface area (Å²) in [4.78, 5) is 5.69. The minimum Gasteiger partial charge on any atom is -0.340 e. The first-order valence-electron chi connectivity index (χ1n) is 4.23. The van der Waals surface area contributed by atoms with Gasteiger partial charge in [0.05, 0.1) is 16.6 Å². The quantitative estimate of drug-likeness (QED) is 0.777. The normalized spacial score (nSPS) is 12.6. The highest BCUT2D eigenvalue weighted by Gasteiger charge is 2.30. The third-order valence-corrected chi connectivity index (χ3v) is 2.45. The second-order valence-corrected chi connectivity index (χ2v) is 4.25. The van der Waals surface area contributed by atoms with Gasteiger partial charge in [-0.15, -0.1) is 0 Å². The summed E-state index contributed by atoms with van der Waals surface area (Å²) in [6, 6.07) is 3.21. The van der Waals surface area contributed by atoms with Crippen LogP contribution in [0.1, 0.15) is 16.2 Å². The number of aromatic amines is 1.